The van der Waals surface area contributed by atoms with Gasteiger partial charge in [-0.25, -0.2) is 9.59 Å². The summed E-state index contributed by atoms with van der Waals surface area (Å²) in [4.78, 5) is 23.9. The third kappa shape index (κ3) is 5.44. The number of nitrogens with one attached hydrogen (secondary N) is 1. The molecule has 1 atom stereocenters. The van der Waals surface area contributed by atoms with E-state index in [1.54, 1.807) is 12.0 Å². The van der Waals surface area contributed by atoms with Crippen LogP contribution in [0.25, 0.3) is 0 Å². The molecular weight excluding hydrogens is 252 g/mol. The van der Waals surface area contributed by atoms with Gasteiger partial charge >= 0.3 is 12.0 Å². The Balaban J connectivity index is 2.19. The van der Waals surface area contributed by atoms with E-state index in [2.05, 4.69) is 5.32 Å². The van der Waals surface area contributed by atoms with Crippen molar-refractivity contribution in [3.8, 4) is 0 Å². The first-order chi connectivity index (χ1) is 9.04. The summed E-state index contributed by atoms with van der Waals surface area (Å²) in [5.41, 5.74) is 0. The third-order valence-corrected chi connectivity index (χ3v) is 3.28. The number of rotatable bonds is 6. The standard InChI is InChI=1S/C12H22N2O5/c1-19-8-9-3-6-14(7-4-9)12(18)13-5-2-10(15)11(16)17/h9-10,15H,2-8H2,1H3,(H,13,18)(H,16,17)/t10-/m0/s1. The van der Waals surface area contributed by atoms with Gasteiger partial charge in [0.1, 0.15) is 0 Å². The van der Waals surface area contributed by atoms with E-state index >= 15 is 0 Å². The lowest BCUT2D eigenvalue weighted by atomic mass is 9.98. The zero-order valence-electron chi connectivity index (χ0n) is 11.2. The van der Waals surface area contributed by atoms with E-state index in [9.17, 15) is 9.59 Å². The number of piperidine rings is 1. The van der Waals surface area contributed by atoms with Gasteiger partial charge in [0.15, 0.2) is 6.10 Å². The Bertz CT molecular complexity index is 302. The Labute approximate surface area is 112 Å². The van der Waals surface area contributed by atoms with E-state index < -0.39 is 12.1 Å². The third-order valence-electron chi connectivity index (χ3n) is 3.28. The summed E-state index contributed by atoms with van der Waals surface area (Å²) in [6.45, 7) is 2.24. The number of aliphatic hydroxyl groups excluding tert-OH is 1. The Morgan fingerprint density at radius 1 is 1.42 bits per heavy atom. The monoisotopic (exact) mass is 274 g/mol. The SMILES string of the molecule is COCC1CCN(C(=O)NCC[C@H](O)C(=O)O)CC1. The number of nitrogens with zero attached hydrogens (tertiary/aromatic N) is 1. The molecular formula is C12H22N2O5. The van der Waals surface area contributed by atoms with Crippen molar-refractivity contribution in [1.29, 1.82) is 0 Å². The van der Waals surface area contributed by atoms with Gasteiger partial charge in [-0.1, -0.05) is 0 Å². The van der Waals surface area contributed by atoms with Crippen molar-refractivity contribution in [3.63, 3.8) is 0 Å². The molecule has 3 N–H and O–H groups in total. The molecule has 1 heterocycles. The zero-order chi connectivity index (χ0) is 14.3. The number of ether oxygens (including phenoxy) is 1. The van der Waals surface area contributed by atoms with E-state index in [1.165, 1.54) is 0 Å². The van der Waals surface area contributed by atoms with Gasteiger partial charge in [0.2, 0.25) is 0 Å². The van der Waals surface area contributed by atoms with E-state index in [0.717, 1.165) is 19.4 Å². The van der Waals surface area contributed by atoms with E-state index in [1.807, 2.05) is 0 Å². The highest BCUT2D eigenvalue weighted by Crippen LogP contribution is 2.17. The van der Waals surface area contributed by atoms with E-state index in [-0.39, 0.29) is 19.0 Å². The molecule has 1 aliphatic rings. The highest BCUT2D eigenvalue weighted by Gasteiger charge is 2.22. The number of hydrogen-bond donors (Lipinski definition) is 3. The van der Waals surface area contributed by atoms with Crippen LogP contribution in [0.1, 0.15) is 19.3 Å². The van der Waals surface area contributed by atoms with Crippen LogP contribution in [0.2, 0.25) is 0 Å². The van der Waals surface area contributed by atoms with Crippen molar-refractivity contribution < 1.29 is 24.5 Å². The molecule has 0 saturated carbocycles. The summed E-state index contributed by atoms with van der Waals surface area (Å²) in [5, 5.41) is 20.2. The first kappa shape index (κ1) is 15.7. The van der Waals surface area contributed by atoms with Gasteiger partial charge in [0.05, 0.1) is 0 Å². The van der Waals surface area contributed by atoms with E-state index in [4.69, 9.17) is 14.9 Å². The largest absolute Gasteiger partial charge is 0.479 e. The predicted molar refractivity (Wildman–Crippen MR) is 67.8 cm³/mol. The van der Waals surface area contributed by atoms with Crippen LogP contribution in [0.4, 0.5) is 4.79 Å². The second kappa shape index (κ2) is 7.96. The summed E-state index contributed by atoms with van der Waals surface area (Å²) in [7, 11) is 1.67. The molecule has 0 aromatic rings. The van der Waals surface area contributed by atoms with Crippen molar-refractivity contribution in [2.75, 3.05) is 33.4 Å². The molecule has 0 aromatic heterocycles. The minimum absolute atomic E-state index is 0.0151. The van der Waals surface area contributed by atoms with Gasteiger partial charge in [-0.3, -0.25) is 0 Å². The summed E-state index contributed by atoms with van der Waals surface area (Å²) >= 11 is 0. The fourth-order valence-electron chi connectivity index (χ4n) is 2.09. The first-order valence-corrected chi connectivity index (χ1v) is 6.47. The second-order valence-electron chi connectivity index (χ2n) is 4.76. The second-order valence-corrected chi connectivity index (χ2v) is 4.76. The molecule has 110 valence electrons. The van der Waals surface area contributed by atoms with Gasteiger partial charge in [-0.15, -0.1) is 0 Å². The highest BCUT2D eigenvalue weighted by molar-refractivity contribution is 5.74. The predicted octanol–water partition coefficient (Wildman–Crippen LogP) is -0.110. The molecule has 0 radical (unpaired) electrons. The normalized spacial score (nSPS) is 18.1. The molecule has 0 spiro atoms. The maximum absolute atomic E-state index is 11.8. The van der Waals surface area contributed by atoms with Crippen LogP contribution in [-0.4, -0.2) is 66.6 Å². The number of carboxylic acids is 1. The zero-order valence-corrected chi connectivity index (χ0v) is 11.2. The minimum Gasteiger partial charge on any atom is -0.479 e. The van der Waals surface area contributed by atoms with Crippen LogP contribution < -0.4 is 5.32 Å². The van der Waals surface area contributed by atoms with Crippen molar-refractivity contribution in [2.45, 2.75) is 25.4 Å². The first-order valence-electron chi connectivity index (χ1n) is 6.47. The molecule has 19 heavy (non-hydrogen) atoms. The lowest BCUT2D eigenvalue weighted by Gasteiger charge is -2.31. The molecule has 0 aromatic carbocycles. The minimum atomic E-state index is -1.42. The summed E-state index contributed by atoms with van der Waals surface area (Å²) in [6, 6.07) is -0.201. The fourth-order valence-corrected chi connectivity index (χ4v) is 2.09. The number of aliphatic hydroxyl groups is 1. The molecule has 7 heteroatoms. The lowest BCUT2D eigenvalue weighted by molar-refractivity contribution is -0.146. The summed E-state index contributed by atoms with van der Waals surface area (Å²) in [6.07, 6.45) is 0.423. The number of carbonyl (C=O) groups is 2. The Morgan fingerprint density at radius 3 is 2.58 bits per heavy atom. The van der Waals surface area contributed by atoms with Crippen molar-refractivity contribution in [3.05, 3.63) is 0 Å². The average Bonchev–Trinajstić information content (AvgIpc) is 2.39. The summed E-state index contributed by atoms with van der Waals surface area (Å²) in [5.74, 6) is -0.766. The van der Waals surface area contributed by atoms with Crippen LogP contribution in [0.15, 0.2) is 0 Å². The molecule has 0 aliphatic carbocycles. The van der Waals surface area contributed by atoms with Gasteiger partial charge in [-0.05, 0) is 18.8 Å². The summed E-state index contributed by atoms with van der Waals surface area (Å²) < 4.78 is 5.09. The molecule has 7 nitrogen and oxygen atoms in total. The number of urea groups is 1. The number of carboxylic acid groups (broad SMARTS) is 1. The smallest absolute Gasteiger partial charge is 0.332 e. The van der Waals surface area contributed by atoms with Gasteiger partial charge in [-0.2, -0.15) is 0 Å². The number of methoxy groups -OCH3 is 1. The van der Waals surface area contributed by atoms with E-state index in [0.29, 0.717) is 19.0 Å². The Morgan fingerprint density at radius 2 is 2.05 bits per heavy atom. The molecule has 1 rings (SSSR count). The van der Waals surface area contributed by atoms with Crippen LogP contribution in [0.5, 0.6) is 0 Å². The highest BCUT2D eigenvalue weighted by atomic mass is 16.5. The molecule has 1 saturated heterocycles. The average molecular weight is 274 g/mol. The topological polar surface area (TPSA) is 99.1 Å². The Hall–Kier alpha value is -1.34. The Kier molecular flexibility index (Phi) is 6.58. The number of carbonyl (C=O) groups excluding carboxylic acids is 1. The number of likely N-dealkylation sites (tertiary alicyclic amines) is 1. The van der Waals surface area contributed by atoms with Crippen LogP contribution in [0, 0.1) is 5.92 Å². The van der Waals surface area contributed by atoms with Crippen molar-refractivity contribution >= 4 is 12.0 Å². The van der Waals surface area contributed by atoms with Gasteiger partial charge < -0.3 is 25.2 Å². The maximum Gasteiger partial charge on any atom is 0.332 e. The van der Waals surface area contributed by atoms with Crippen LogP contribution in [0.3, 0.4) is 0 Å². The molecule has 1 aliphatic heterocycles. The fraction of sp³-hybridized carbons (Fsp3) is 0.833. The van der Waals surface area contributed by atoms with Crippen LogP contribution >= 0.6 is 0 Å². The van der Waals surface area contributed by atoms with Crippen molar-refractivity contribution in [1.82, 2.24) is 10.2 Å². The molecule has 2 amide bonds. The van der Waals surface area contributed by atoms with Gasteiger partial charge in [0, 0.05) is 39.8 Å². The van der Waals surface area contributed by atoms with Gasteiger partial charge in [0.25, 0.3) is 0 Å². The molecule has 0 bridgehead atoms. The lowest BCUT2D eigenvalue weighted by Crippen LogP contribution is -2.45. The number of hydrogen-bond acceptors (Lipinski definition) is 4. The number of amides is 2. The molecule has 0 unspecified atom stereocenters. The van der Waals surface area contributed by atoms with Crippen molar-refractivity contribution in [2.24, 2.45) is 5.92 Å². The molecule has 1 fully saturated rings. The maximum atomic E-state index is 11.8. The number of aliphatic carboxylic acids is 1. The quantitative estimate of drug-likeness (QED) is 0.627. The van der Waals surface area contributed by atoms with Crippen LogP contribution in [-0.2, 0) is 9.53 Å².